The van der Waals surface area contributed by atoms with Gasteiger partial charge in [-0.05, 0) is 19.3 Å². The van der Waals surface area contributed by atoms with Gasteiger partial charge in [-0.1, -0.05) is 64.7 Å². The standard InChI is InChI=1S/C15H30O2S/c1-2-3-4-8-11-14-18(16,17)15-12-9-6-5-7-10-13-15/h15H,2-14H2,1H3. The number of sulfone groups is 1. The van der Waals surface area contributed by atoms with E-state index in [1.165, 1.54) is 38.5 Å². The van der Waals surface area contributed by atoms with Crippen LogP contribution in [-0.4, -0.2) is 19.4 Å². The average Bonchev–Trinajstić information content (AvgIpc) is 2.27. The summed E-state index contributed by atoms with van der Waals surface area (Å²) in [6, 6.07) is 0. The second kappa shape index (κ2) is 8.95. The van der Waals surface area contributed by atoms with Crippen LogP contribution in [0.1, 0.15) is 84.0 Å². The fourth-order valence-electron chi connectivity index (χ4n) is 2.85. The van der Waals surface area contributed by atoms with Gasteiger partial charge in [-0.25, -0.2) is 8.42 Å². The molecule has 0 amide bonds. The van der Waals surface area contributed by atoms with Crippen LogP contribution in [0.3, 0.4) is 0 Å². The molecule has 0 aromatic rings. The lowest BCUT2D eigenvalue weighted by atomic mass is 10.0. The fourth-order valence-corrected chi connectivity index (χ4v) is 4.84. The molecule has 2 nitrogen and oxygen atoms in total. The summed E-state index contributed by atoms with van der Waals surface area (Å²) in [5, 5.41) is -0.0241. The van der Waals surface area contributed by atoms with E-state index in [1.807, 2.05) is 0 Å². The minimum atomic E-state index is -2.81. The molecule has 0 aromatic carbocycles. The van der Waals surface area contributed by atoms with Crippen molar-refractivity contribution in [3.8, 4) is 0 Å². The molecule has 0 saturated heterocycles. The Kier molecular flexibility index (Phi) is 7.96. The van der Waals surface area contributed by atoms with Crippen molar-refractivity contribution >= 4 is 9.84 Å². The molecule has 0 radical (unpaired) electrons. The summed E-state index contributed by atoms with van der Waals surface area (Å²) in [6.07, 6.45) is 13.4. The van der Waals surface area contributed by atoms with Gasteiger partial charge in [0.05, 0.1) is 11.0 Å². The Morgan fingerprint density at radius 2 is 1.39 bits per heavy atom. The SMILES string of the molecule is CCCCCCCS(=O)(=O)C1CCCCCCC1. The first-order valence-electron chi connectivity index (χ1n) is 7.88. The minimum Gasteiger partial charge on any atom is -0.229 e. The van der Waals surface area contributed by atoms with Gasteiger partial charge in [0.1, 0.15) is 0 Å². The van der Waals surface area contributed by atoms with Crippen molar-refractivity contribution < 1.29 is 8.42 Å². The highest BCUT2D eigenvalue weighted by Gasteiger charge is 2.24. The molecule has 0 aromatic heterocycles. The van der Waals surface area contributed by atoms with E-state index in [4.69, 9.17) is 0 Å². The van der Waals surface area contributed by atoms with Crippen molar-refractivity contribution in [3.05, 3.63) is 0 Å². The first-order valence-corrected chi connectivity index (χ1v) is 9.60. The molecule has 1 rings (SSSR count). The normalized spacial score (nSPS) is 19.4. The molecule has 18 heavy (non-hydrogen) atoms. The smallest absolute Gasteiger partial charge is 0.153 e. The lowest BCUT2D eigenvalue weighted by Crippen LogP contribution is -2.25. The molecule has 0 spiro atoms. The third-order valence-corrected chi connectivity index (χ3v) is 6.44. The predicted molar refractivity (Wildman–Crippen MR) is 78.7 cm³/mol. The van der Waals surface area contributed by atoms with E-state index in [-0.39, 0.29) is 5.25 Å². The third kappa shape index (κ3) is 6.21. The van der Waals surface area contributed by atoms with Gasteiger partial charge in [0.15, 0.2) is 9.84 Å². The Morgan fingerprint density at radius 3 is 2.00 bits per heavy atom. The van der Waals surface area contributed by atoms with Crippen molar-refractivity contribution in [2.24, 2.45) is 0 Å². The Balaban J connectivity index is 2.31. The zero-order valence-corrected chi connectivity index (χ0v) is 12.8. The van der Waals surface area contributed by atoms with Gasteiger partial charge in [-0.3, -0.25) is 0 Å². The predicted octanol–water partition coefficient (Wildman–Crippen LogP) is 4.48. The molecule has 1 aliphatic carbocycles. The quantitative estimate of drug-likeness (QED) is 0.641. The largest absolute Gasteiger partial charge is 0.229 e. The van der Waals surface area contributed by atoms with Crippen LogP contribution in [0.5, 0.6) is 0 Å². The van der Waals surface area contributed by atoms with Crippen LogP contribution in [0.2, 0.25) is 0 Å². The molecule has 108 valence electrons. The van der Waals surface area contributed by atoms with Crippen molar-refractivity contribution in [2.75, 3.05) is 5.75 Å². The van der Waals surface area contributed by atoms with Crippen LogP contribution >= 0.6 is 0 Å². The molecule has 1 fully saturated rings. The fraction of sp³-hybridized carbons (Fsp3) is 1.00. The van der Waals surface area contributed by atoms with Crippen molar-refractivity contribution in [2.45, 2.75) is 89.2 Å². The zero-order valence-electron chi connectivity index (χ0n) is 12.0. The third-order valence-electron chi connectivity index (χ3n) is 4.09. The lowest BCUT2D eigenvalue weighted by Gasteiger charge is -2.20. The summed E-state index contributed by atoms with van der Waals surface area (Å²) < 4.78 is 24.6. The van der Waals surface area contributed by atoms with E-state index in [1.54, 1.807) is 0 Å². The van der Waals surface area contributed by atoms with E-state index in [9.17, 15) is 8.42 Å². The van der Waals surface area contributed by atoms with Crippen LogP contribution in [0.25, 0.3) is 0 Å². The van der Waals surface area contributed by atoms with E-state index >= 15 is 0 Å². The zero-order chi connectivity index (χ0) is 13.3. The average molecular weight is 274 g/mol. The van der Waals surface area contributed by atoms with Gasteiger partial charge in [0.2, 0.25) is 0 Å². The van der Waals surface area contributed by atoms with Gasteiger partial charge in [0.25, 0.3) is 0 Å². The first kappa shape index (κ1) is 16.0. The maximum atomic E-state index is 12.3. The van der Waals surface area contributed by atoms with Gasteiger partial charge >= 0.3 is 0 Å². The summed E-state index contributed by atoms with van der Waals surface area (Å²) in [5.41, 5.74) is 0. The lowest BCUT2D eigenvalue weighted by molar-refractivity contribution is 0.486. The Morgan fingerprint density at radius 1 is 0.833 bits per heavy atom. The molecular weight excluding hydrogens is 244 g/mol. The molecule has 3 heteroatoms. The maximum Gasteiger partial charge on any atom is 0.153 e. The summed E-state index contributed by atoms with van der Waals surface area (Å²) >= 11 is 0. The number of rotatable bonds is 7. The highest BCUT2D eigenvalue weighted by molar-refractivity contribution is 7.92. The van der Waals surface area contributed by atoms with E-state index in [0.717, 1.165) is 38.5 Å². The molecule has 0 bridgehead atoms. The molecular formula is C15H30O2S. The molecule has 0 N–H and O–H groups in total. The topological polar surface area (TPSA) is 34.1 Å². The van der Waals surface area contributed by atoms with Crippen molar-refractivity contribution in [3.63, 3.8) is 0 Å². The van der Waals surface area contributed by atoms with E-state index in [2.05, 4.69) is 6.92 Å². The number of hydrogen-bond acceptors (Lipinski definition) is 2. The van der Waals surface area contributed by atoms with Crippen LogP contribution in [0.4, 0.5) is 0 Å². The van der Waals surface area contributed by atoms with Crippen LogP contribution in [-0.2, 0) is 9.84 Å². The van der Waals surface area contributed by atoms with Gasteiger partial charge in [-0.2, -0.15) is 0 Å². The summed E-state index contributed by atoms with van der Waals surface area (Å²) in [7, 11) is -2.81. The van der Waals surface area contributed by atoms with Crippen LogP contribution in [0.15, 0.2) is 0 Å². The molecule has 1 aliphatic rings. The maximum absolute atomic E-state index is 12.3. The highest BCUT2D eigenvalue weighted by atomic mass is 32.2. The molecule has 0 unspecified atom stereocenters. The first-order chi connectivity index (χ1) is 8.67. The monoisotopic (exact) mass is 274 g/mol. The Labute approximate surface area is 113 Å². The Hall–Kier alpha value is -0.0500. The number of hydrogen-bond donors (Lipinski definition) is 0. The summed E-state index contributed by atoms with van der Waals surface area (Å²) in [5.74, 6) is 0.432. The van der Waals surface area contributed by atoms with E-state index in [0.29, 0.717) is 5.75 Å². The number of unbranched alkanes of at least 4 members (excludes halogenated alkanes) is 4. The van der Waals surface area contributed by atoms with Crippen molar-refractivity contribution in [1.82, 2.24) is 0 Å². The van der Waals surface area contributed by atoms with Crippen molar-refractivity contribution in [1.29, 1.82) is 0 Å². The van der Waals surface area contributed by atoms with Gasteiger partial charge in [-0.15, -0.1) is 0 Å². The van der Waals surface area contributed by atoms with E-state index < -0.39 is 9.84 Å². The molecule has 1 saturated carbocycles. The molecule has 0 aliphatic heterocycles. The minimum absolute atomic E-state index is 0.0241. The van der Waals surface area contributed by atoms with Crippen LogP contribution < -0.4 is 0 Å². The van der Waals surface area contributed by atoms with Gasteiger partial charge < -0.3 is 0 Å². The molecule has 0 heterocycles. The van der Waals surface area contributed by atoms with Gasteiger partial charge in [0, 0.05) is 0 Å². The molecule has 0 atom stereocenters. The summed E-state index contributed by atoms with van der Waals surface area (Å²) in [6.45, 7) is 2.19. The highest BCUT2D eigenvalue weighted by Crippen LogP contribution is 2.23. The summed E-state index contributed by atoms with van der Waals surface area (Å²) in [4.78, 5) is 0. The van der Waals surface area contributed by atoms with Crippen LogP contribution in [0, 0.1) is 0 Å². The second-order valence-electron chi connectivity index (χ2n) is 5.75. The second-order valence-corrected chi connectivity index (χ2v) is 8.15. The Bertz CT molecular complexity index is 288.